The molecule has 1 amide bonds. The van der Waals surface area contributed by atoms with Crippen LogP contribution in [0.25, 0.3) is 11.3 Å². The lowest BCUT2D eigenvalue weighted by Gasteiger charge is -2.34. The highest BCUT2D eigenvalue weighted by Crippen LogP contribution is 2.30. The van der Waals surface area contributed by atoms with Gasteiger partial charge in [0.2, 0.25) is 10.0 Å². The van der Waals surface area contributed by atoms with Crippen LogP contribution in [0.1, 0.15) is 24.2 Å². The molecule has 11 heteroatoms. The number of carbonyl (C=O) groups excluding carboxylic acids is 1. The minimum absolute atomic E-state index is 0.136. The van der Waals surface area contributed by atoms with E-state index in [2.05, 4.69) is 10.3 Å². The molecule has 1 saturated heterocycles. The molecule has 0 spiro atoms. The molecule has 0 bridgehead atoms. The number of aromatic nitrogens is 1. The number of morpholine rings is 1. The maximum atomic E-state index is 13.0. The third-order valence-electron chi connectivity index (χ3n) is 5.08. The molecule has 0 saturated carbocycles. The first-order valence-electron chi connectivity index (χ1n) is 10.1. The van der Waals surface area contributed by atoms with E-state index in [4.69, 9.17) is 27.9 Å². The third kappa shape index (κ3) is 5.40. The highest BCUT2D eigenvalue weighted by molar-refractivity contribution is 7.89. The Morgan fingerprint density at radius 2 is 1.76 bits per heavy atom. The summed E-state index contributed by atoms with van der Waals surface area (Å²) in [5, 5.41) is 5.82. The van der Waals surface area contributed by atoms with Crippen molar-refractivity contribution in [3.05, 3.63) is 63.5 Å². The van der Waals surface area contributed by atoms with Gasteiger partial charge >= 0.3 is 0 Å². The van der Waals surface area contributed by atoms with Gasteiger partial charge in [0, 0.05) is 29.6 Å². The van der Waals surface area contributed by atoms with E-state index in [1.54, 1.807) is 23.6 Å². The van der Waals surface area contributed by atoms with Crippen LogP contribution in [0.15, 0.2) is 52.7 Å². The van der Waals surface area contributed by atoms with Gasteiger partial charge in [-0.2, -0.15) is 4.31 Å². The van der Waals surface area contributed by atoms with E-state index >= 15 is 0 Å². The Bertz CT molecular complexity index is 1270. The second-order valence-corrected chi connectivity index (χ2v) is 11.3. The summed E-state index contributed by atoms with van der Waals surface area (Å²) in [6.07, 6.45) is -0.360. The van der Waals surface area contributed by atoms with Gasteiger partial charge < -0.3 is 4.74 Å². The van der Waals surface area contributed by atoms with Crippen LogP contribution in [-0.2, 0) is 14.8 Å². The van der Waals surface area contributed by atoms with E-state index in [1.165, 1.54) is 39.9 Å². The van der Waals surface area contributed by atoms with Crippen molar-refractivity contribution in [1.82, 2.24) is 9.29 Å². The van der Waals surface area contributed by atoms with Crippen LogP contribution in [-0.4, -0.2) is 48.9 Å². The van der Waals surface area contributed by atoms with E-state index in [0.717, 1.165) is 5.56 Å². The van der Waals surface area contributed by atoms with Gasteiger partial charge in [0.25, 0.3) is 5.91 Å². The maximum absolute atomic E-state index is 13.0. The molecule has 0 aliphatic carbocycles. The number of benzene rings is 2. The van der Waals surface area contributed by atoms with Gasteiger partial charge in [-0.1, -0.05) is 29.3 Å². The molecule has 33 heavy (non-hydrogen) atoms. The number of nitrogens with one attached hydrogen (secondary N) is 1. The van der Waals surface area contributed by atoms with E-state index in [0.29, 0.717) is 39.5 Å². The lowest BCUT2D eigenvalue weighted by atomic mass is 10.2. The number of hydrogen-bond acceptors (Lipinski definition) is 6. The largest absolute Gasteiger partial charge is 0.373 e. The van der Waals surface area contributed by atoms with Crippen molar-refractivity contribution in [3.8, 4) is 11.3 Å². The first kappa shape index (κ1) is 24.1. The van der Waals surface area contributed by atoms with E-state index in [1.807, 2.05) is 13.8 Å². The van der Waals surface area contributed by atoms with Gasteiger partial charge in [0.1, 0.15) is 0 Å². The molecule has 1 fully saturated rings. The Balaban J connectivity index is 1.46. The molecule has 2 unspecified atom stereocenters. The van der Waals surface area contributed by atoms with Crippen molar-refractivity contribution >= 4 is 55.6 Å². The summed E-state index contributed by atoms with van der Waals surface area (Å²) in [6.45, 7) is 4.27. The molecule has 174 valence electrons. The number of halogens is 2. The van der Waals surface area contributed by atoms with Crippen LogP contribution in [0.3, 0.4) is 0 Å². The molecule has 2 aromatic carbocycles. The van der Waals surface area contributed by atoms with Gasteiger partial charge in [0.05, 0.1) is 32.8 Å². The molecule has 1 aliphatic rings. The van der Waals surface area contributed by atoms with Crippen molar-refractivity contribution < 1.29 is 17.9 Å². The van der Waals surface area contributed by atoms with Crippen LogP contribution in [0, 0.1) is 0 Å². The standard InChI is InChI=1S/C22H21Cl2N3O4S2/c1-13-10-27(11-14(2)31-13)33(29,30)17-6-3-15(4-7-17)21(28)26-22-25-20(12-32-22)16-5-8-18(23)19(24)9-16/h3-9,12-14H,10-11H2,1-2H3,(H,25,26,28). The van der Waals surface area contributed by atoms with Crippen LogP contribution in [0.5, 0.6) is 0 Å². The second kappa shape index (κ2) is 9.69. The fourth-order valence-corrected chi connectivity index (χ4v) is 6.15. The second-order valence-electron chi connectivity index (χ2n) is 7.72. The highest BCUT2D eigenvalue weighted by Gasteiger charge is 2.32. The summed E-state index contributed by atoms with van der Waals surface area (Å²) in [6, 6.07) is 11.1. The Hall–Kier alpha value is -2.01. The molecule has 4 rings (SSSR count). The molecular formula is C22H21Cl2N3O4S2. The molecule has 7 nitrogen and oxygen atoms in total. The zero-order chi connectivity index (χ0) is 23.8. The number of hydrogen-bond donors (Lipinski definition) is 1. The predicted molar refractivity (Wildman–Crippen MR) is 131 cm³/mol. The average molecular weight is 526 g/mol. The zero-order valence-corrected chi connectivity index (χ0v) is 20.9. The summed E-state index contributed by atoms with van der Waals surface area (Å²) in [7, 11) is -3.67. The van der Waals surface area contributed by atoms with Crippen molar-refractivity contribution in [2.24, 2.45) is 0 Å². The first-order chi connectivity index (χ1) is 15.6. The quantitative estimate of drug-likeness (QED) is 0.496. The van der Waals surface area contributed by atoms with Crippen molar-refractivity contribution in [1.29, 1.82) is 0 Å². The van der Waals surface area contributed by atoms with Gasteiger partial charge in [-0.25, -0.2) is 13.4 Å². The molecule has 2 atom stereocenters. The minimum Gasteiger partial charge on any atom is -0.373 e. The van der Waals surface area contributed by atoms with Crippen molar-refractivity contribution in [3.63, 3.8) is 0 Å². The molecule has 1 aliphatic heterocycles. The average Bonchev–Trinajstić information content (AvgIpc) is 3.23. The van der Waals surface area contributed by atoms with Crippen LogP contribution in [0.2, 0.25) is 10.0 Å². The van der Waals surface area contributed by atoms with Crippen molar-refractivity contribution in [2.45, 2.75) is 31.0 Å². The van der Waals surface area contributed by atoms with E-state index in [-0.39, 0.29) is 23.0 Å². The topological polar surface area (TPSA) is 88.6 Å². The predicted octanol–water partition coefficient (Wildman–Crippen LogP) is 5.17. The Labute approximate surface area is 206 Å². The molecule has 3 aromatic rings. The van der Waals surface area contributed by atoms with Gasteiger partial charge in [-0.3, -0.25) is 10.1 Å². The summed E-state index contributed by atoms with van der Waals surface area (Å²) < 4.78 is 33.0. The number of rotatable bonds is 5. The van der Waals surface area contributed by atoms with Crippen LogP contribution < -0.4 is 5.32 Å². The fourth-order valence-electron chi connectivity index (χ4n) is 3.54. The molecule has 1 N–H and O–H groups in total. The summed E-state index contributed by atoms with van der Waals surface area (Å²) >= 11 is 13.3. The normalized spacial score (nSPS) is 19.4. The Morgan fingerprint density at radius 3 is 2.39 bits per heavy atom. The monoisotopic (exact) mass is 525 g/mol. The SMILES string of the molecule is CC1CN(S(=O)(=O)c2ccc(C(=O)Nc3nc(-c4ccc(Cl)c(Cl)c4)cs3)cc2)CC(C)O1. The van der Waals surface area contributed by atoms with Crippen molar-refractivity contribution in [2.75, 3.05) is 18.4 Å². The molecule has 0 radical (unpaired) electrons. The summed E-state index contributed by atoms with van der Waals surface area (Å²) in [4.78, 5) is 17.2. The zero-order valence-electron chi connectivity index (χ0n) is 17.8. The smallest absolute Gasteiger partial charge is 0.257 e. The third-order valence-corrected chi connectivity index (χ3v) is 8.42. The number of thiazole rings is 1. The first-order valence-corrected chi connectivity index (χ1v) is 13.2. The lowest BCUT2D eigenvalue weighted by molar-refractivity contribution is -0.0440. The Morgan fingerprint density at radius 1 is 1.09 bits per heavy atom. The summed E-state index contributed by atoms with van der Waals surface area (Å²) in [5.41, 5.74) is 1.76. The van der Waals surface area contributed by atoms with Crippen LogP contribution >= 0.6 is 34.5 Å². The van der Waals surface area contributed by atoms with E-state index < -0.39 is 10.0 Å². The Kier molecular flexibility index (Phi) is 7.09. The van der Waals surface area contributed by atoms with Gasteiger partial charge in [-0.15, -0.1) is 11.3 Å². The number of amides is 1. The number of ether oxygens (including phenoxy) is 1. The molecule has 2 heterocycles. The fraction of sp³-hybridized carbons (Fsp3) is 0.273. The number of nitrogens with zero attached hydrogens (tertiary/aromatic N) is 2. The number of carbonyl (C=O) groups is 1. The van der Waals surface area contributed by atoms with Crippen LogP contribution in [0.4, 0.5) is 5.13 Å². The van der Waals surface area contributed by atoms with Gasteiger partial charge in [-0.05, 0) is 50.2 Å². The minimum atomic E-state index is -3.67. The highest BCUT2D eigenvalue weighted by atomic mass is 35.5. The molecular weight excluding hydrogens is 505 g/mol. The molecule has 1 aromatic heterocycles. The number of sulfonamides is 1. The lowest BCUT2D eigenvalue weighted by Crippen LogP contribution is -2.48. The summed E-state index contributed by atoms with van der Waals surface area (Å²) in [5.74, 6) is -0.386. The maximum Gasteiger partial charge on any atom is 0.257 e. The number of anilines is 1. The van der Waals surface area contributed by atoms with E-state index in [9.17, 15) is 13.2 Å². The van der Waals surface area contributed by atoms with Gasteiger partial charge in [0.15, 0.2) is 5.13 Å².